The van der Waals surface area contributed by atoms with E-state index >= 15 is 0 Å². The molecule has 1 amide bonds. The zero-order valence-corrected chi connectivity index (χ0v) is 16.8. The summed E-state index contributed by atoms with van der Waals surface area (Å²) < 4.78 is 10.7. The molecule has 1 N–H and O–H groups in total. The van der Waals surface area contributed by atoms with Gasteiger partial charge >= 0.3 is 5.97 Å². The van der Waals surface area contributed by atoms with Crippen molar-refractivity contribution in [1.82, 2.24) is 5.32 Å². The smallest absolute Gasteiger partial charge is 0.345 e. The van der Waals surface area contributed by atoms with Gasteiger partial charge in [0.2, 0.25) is 5.91 Å². The number of thioether (sulfide) groups is 1. The van der Waals surface area contributed by atoms with E-state index in [-0.39, 0.29) is 22.2 Å². The number of esters is 1. The molecule has 0 radical (unpaired) electrons. The average molecular weight is 438 g/mol. The van der Waals surface area contributed by atoms with Crippen LogP contribution in [0.1, 0.15) is 15.9 Å². The Kier molecular flexibility index (Phi) is 6.56. The van der Waals surface area contributed by atoms with Crippen LogP contribution in [-0.4, -0.2) is 36.1 Å². The molecule has 28 heavy (non-hydrogen) atoms. The van der Waals surface area contributed by atoms with Crippen LogP contribution < -0.4 is 14.8 Å². The molecule has 0 aliphatic carbocycles. The van der Waals surface area contributed by atoms with Crippen molar-refractivity contribution in [3.05, 3.63) is 57.6 Å². The Morgan fingerprint density at radius 1 is 1.21 bits per heavy atom. The molecular weight excluding hydrogens is 425 g/mol. The number of ether oxygens (including phenoxy) is 2. The van der Waals surface area contributed by atoms with E-state index in [0.717, 1.165) is 0 Å². The molecule has 0 unspecified atom stereocenters. The fraction of sp³-hybridized carbons (Fsp3) is 0.111. The van der Waals surface area contributed by atoms with Gasteiger partial charge in [-0.3, -0.25) is 4.79 Å². The van der Waals surface area contributed by atoms with E-state index in [0.29, 0.717) is 27.3 Å². The third-order valence-electron chi connectivity index (χ3n) is 3.48. The van der Waals surface area contributed by atoms with Gasteiger partial charge in [0.05, 0.1) is 29.7 Å². The first kappa shape index (κ1) is 20.2. The van der Waals surface area contributed by atoms with Gasteiger partial charge in [-0.25, -0.2) is 4.79 Å². The van der Waals surface area contributed by atoms with Gasteiger partial charge in [-0.2, -0.15) is 5.10 Å². The van der Waals surface area contributed by atoms with Gasteiger partial charge in [0.1, 0.15) is 0 Å². The SMILES string of the molecule is COc1cc(C=NN=C2NC(=O)CS2)ccc1OC(=O)c1ccc(Cl)cc1Cl. The number of carbonyl (C=O) groups excluding carboxylic acids is 2. The quantitative estimate of drug-likeness (QED) is 0.332. The van der Waals surface area contributed by atoms with Crippen LogP contribution in [0.4, 0.5) is 0 Å². The molecule has 1 fully saturated rings. The van der Waals surface area contributed by atoms with Crippen LogP contribution in [0.5, 0.6) is 11.5 Å². The number of rotatable bonds is 5. The monoisotopic (exact) mass is 437 g/mol. The summed E-state index contributed by atoms with van der Waals surface area (Å²) in [4.78, 5) is 23.5. The number of amidine groups is 1. The lowest BCUT2D eigenvalue weighted by Gasteiger charge is -2.10. The molecule has 1 aliphatic rings. The number of methoxy groups -OCH3 is 1. The predicted octanol–water partition coefficient (Wildman–Crippen LogP) is 3.77. The van der Waals surface area contributed by atoms with Crippen molar-refractivity contribution < 1.29 is 19.1 Å². The highest BCUT2D eigenvalue weighted by Crippen LogP contribution is 2.30. The van der Waals surface area contributed by atoms with Crippen molar-refractivity contribution >= 4 is 58.2 Å². The molecule has 0 saturated carbocycles. The van der Waals surface area contributed by atoms with E-state index in [2.05, 4.69) is 15.5 Å². The number of nitrogens with zero attached hydrogens (tertiary/aromatic N) is 2. The molecular formula is C18H13Cl2N3O4S. The number of amides is 1. The second-order valence-corrected chi connectivity index (χ2v) is 7.22. The van der Waals surface area contributed by atoms with Gasteiger partial charge < -0.3 is 14.8 Å². The summed E-state index contributed by atoms with van der Waals surface area (Å²) in [6, 6.07) is 9.38. The highest BCUT2D eigenvalue weighted by atomic mass is 35.5. The minimum atomic E-state index is -0.637. The van der Waals surface area contributed by atoms with Gasteiger partial charge in [-0.1, -0.05) is 35.0 Å². The fourth-order valence-corrected chi connectivity index (χ4v) is 3.30. The van der Waals surface area contributed by atoms with Gasteiger partial charge in [0, 0.05) is 5.02 Å². The Hall–Kier alpha value is -2.55. The summed E-state index contributed by atoms with van der Waals surface area (Å²) in [6.07, 6.45) is 1.49. The first-order chi connectivity index (χ1) is 13.5. The van der Waals surface area contributed by atoms with Crippen molar-refractivity contribution in [2.45, 2.75) is 0 Å². The Labute approximate surface area is 174 Å². The van der Waals surface area contributed by atoms with Crippen molar-refractivity contribution in [3.8, 4) is 11.5 Å². The van der Waals surface area contributed by atoms with Gasteiger partial charge in [0.25, 0.3) is 0 Å². The third kappa shape index (κ3) is 5.03. The van der Waals surface area contributed by atoms with Crippen LogP contribution in [0.15, 0.2) is 46.6 Å². The summed E-state index contributed by atoms with van der Waals surface area (Å²) in [5.41, 5.74) is 0.852. The van der Waals surface area contributed by atoms with Gasteiger partial charge in [-0.15, -0.1) is 5.10 Å². The molecule has 3 rings (SSSR count). The lowest BCUT2D eigenvalue weighted by atomic mass is 10.2. The molecule has 1 saturated heterocycles. The summed E-state index contributed by atoms with van der Waals surface area (Å²) in [7, 11) is 1.45. The molecule has 144 valence electrons. The molecule has 0 bridgehead atoms. The number of hydrogen-bond donors (Lipinski definition) is 1. The molecule has 10 heteroatoms. The number of halogens is 2. The Balaban J connectivity index is 1.74. The van der Waals surface area contributed by atoms with Gasteiger partial charge in [-0.05, 0) is 42.0 Å². The molecule has 0 atom stereocenters. The maximum atomic E-state index is 12.4. The standard InChI is InChI=1S/C18H13Cl2N3O4S/c1-26-15-6-10(8-21-23-18-22-16(24)9-28-18)2-5-14(15)27-17(25)12-4-3-11(19)7-13(12)20/h2-8H,9H2,1H3,(H,22,23,24). The van der Waals surface area contributed by atoms with E-state index in [1.54, 1.807) is 24.3 Å². The Morgan fingerprint density at radius 2 is 2.04 bits per heavy atom. The fourth-order valence-electron chi connectivity index (χ4n) is 2.19. The van der Waals surface area contributed by atoms with Crippen molar-refractivity contribution in [2.75, 3.05) is 12.9 Å². The van der Waals surface area contributed by atoms with Crippen LogP contribution in [0.25, 0.3) is 0 Å². The van der Waals surface area contributed by atoms with E-state index in [1.807, 2.05) is 0 Å². The average Bonchev–Trinajstić information content (AvgIpc) is 3.07. The number of nitrogens with one attached hydrogen (secondary N) is 1. The molecule has 2 aromatic rings. The highest BCUT2D eigenvalue weighted by molar-refractivity contribution is 8.15. The van der Waals surface area contributed by atoms with E-state index in [9.17, 15) is 9.59 Å². The molecule has 0 aromatic heterocycles. The molecule has 0 spiro atoms. The number of carbonyl (C=O) groups is 2. The van der Waals surface area contributed by atoms with Crippen molar-refractivity contribution in [3.63, 3.8) is 0 Å². The Bertz CT molecular complexity index is 995. The first-order valence-corrected chi connectivity index (χ1v) is 9.59. The van der Waals surface area contributed by atoms with Gasteiger partial charge in [0.15, 0.2) is 16.7 Å². The maximum absolute atomic E-state index is 12.4. The van der Waals surface area contributed by atoms with Crippen LogP contribution in [0.2, 0.25) is 10.0 Å². The molecule has 1 aliphatic heterocycles. The van der Waals surface area contributed by atoms with Crippen LogP contribution in [-0.2, 0) is 4.79 Å². The summed E-state index contributed by atoms with van der Waals surface area (Å²) in [5, 5.41) is 11.5. The topological polar surface area (TPSA) is 89.3 Å². The largest absolute Gasteiger partial charge is 0.493 e. The van der Waals surface area contributed by atoms with E-state index in [4.69, 9.17) is 32.7 Å². The normalized spacial score (nSPS) is 15.1. The number of benzene rings is 2. The second-order valence-electron chi connectivity index (χ2n) is 5.41. The van der Waals surface area contributed by atoms with Crippen LogP contribution >= 0.6 is 35.0 Å². The lowest BCUT2D eigenvalue weighted by Crippen LogP contribution is -2.19. The van der Waals surface area contributed by atoms with Crippen molar-refractivity contribution in [1.29, 1.82) is 0 Å². The lowest BCUT2D eigenvalue weighted by molar-refractivity contribution is -0.116. The highest BCUT2D eigenvalue weighted by Gasteiger charge is 2.17. The Morgan fingerprint density at radius 3 is 2.71 bits per heavy atom. The molecule has 2 aromatic carbocycles. The summed E-state index contributed by atoms with van der Waals surface area (Å²) >= 11 is 13.1. The first-order valence-electron chi connectivity index (χ1n) is 7.85. The van der Waals surface area contributed by atoms with E-state index < -0.39 is 5.97 Å². The molecule has 7 nitrogen and oxygen atoms in total. The van der Waals surface area contributed by atoms with Crippen molar-refractivity contribution in [2.24, 2.45) is 10.2 Å². The summed E-state index contributed by atoms with van der Waals surface area (Å²) in [6.45, 7) is 0. The number of hydrogen-bond acceptors (Lipinski definition) is 7. The maximum Gasteiger partial charge on any atom is 0.345 e. The summed E-state index contributed by atoms with van der Waals surface area (Å²) in [5.74, 6) is 0.147. The third-order valence-corrected chi connectivity index (χ3v) is 4.89. The van der Waals surface area contributed by atoms with E-state index in [1.165, 1.54) is 37.2 Å². The zero-order valence-electron chi connectivity index (χ0n) is 14.4. The minimum Gasteiger partial charge on any atom is -0.493 e. The zero-order chi connectivity index (χ0) is 20.1. The minimum absolute atomic E-state index is 0.104. The van der Waals surface area contributed by atoms with Crippen LogP contribution in [0.3, 0.4) is 0 Å². The predicted molar refractivity (Wildman–Crippen MR) is 110 cm³/mol. The second kappa shape index (κ2) is 9.09. The van der Waals surface area contributed by atoms with Crippen LogP contribution in [0, 0.1) is 0 Å². The molecule has 1 heterocycles.